The van der Waals surface area contributed by atoms with Crippen LogP contribution in [0.5, 0.6) is 0 Å². The minimum Gasteiger partial charge on any atom is -0.462 e. The molecule has 0 aliphatic carbocycles. The first kappa shape index (κ1) is 54.6. The molecule has 332 valence electrons. The van der Waals surface area contributed by atoms with Crippen LogP contribution in [0.15, 0.2) is 36.5 Å². The molecule has 0 aromatic heterocycles. The SMILES string of the molecule is CCCC/C=C\C/C=C\CCCCCCCC(=O)OC(COC(=O)CCCCCCC/C=C\CCCCCCCC)COC(=O)CCCCCCCCCCCC. The highest BCUT2D eigenvalue weighted by molar-refractivity contribution is 5.71. The fourth-order valence-corrected chi connectivity index (χ4v) is 6.86. The van der Waals surface area contributed by atoms with Crippen LogP contribution in [0.4, 0.5) is 0 Å². The summed E-state index contributed by atoms with van der Waals surface area (Å²) >= 11 is 0. The third-order valence-corrected chi connectivity index (χ3v) is 10.6. The zero-order valence-electron chi connectivity index (χ0n) is 37.9. The summed E-state index contributed by atoms with van der Waals surface area (Å²) in [6.45, 7) is 6.57. The largest absolute Gasteiger partial charge is 0.462 e. The highest BCUT2D eigenvalue weighted by Crippen LogP contribution is 2.14. The van der Waals surface area contributed by atoms with Gasteiger partial charge in [0, 0.05) is 19.3 Å². The van der Waals surface area contributed by atoms with Crippen LogP contribution >= 0.6 is 0 Å². The van der Waals surface area contributed by atoms with E-state index in [1.165, 1.54) is 122 Å². The van der Waals surface area contributed by atoms with Crippen LogP contribution < -0.4 is 0 Å². The third-order valence-electron chi connectivity index (χ3n) is 10.6. The molecule has 0 saturated carbocycles. The van der Waals surface area contributed by atoms with Gasteiger partial charge in [-0.15, -0.1) is 0 Å². The van der Waals surface area contributed by atoms with Crippen molar-refractivity contribution in [2.45, 2.75) is 258 Å². The molecule has 0 saturated heterocycles. The molecule has 0 spiro atoms. The van der Waals surface area contributed by atoms with Gasteiger partial charge in [-0.3, -0.25) is 14.4 Å². The number of unbranched alkanes of at least 4 members (excludes halogenated alkanes) is 27. The number of allylic oxidation sites excluding steroid dienone is 6. The van der Waals surface area contributed by atoms with Gasteiger partial charge < -0.3 is 14.2 Å². The number of hydrogen-bond acceptors (Lipinski definition) is 6. The lowest BCUT2D eigenvalue weighted by Gasteiger charge is -2.18. The van der Waals surface area contributed by atoms with Gasteiger partial charge in [0.15, 0.2) is 6.10 Å². The van der Waals surface area contributed by atoms with Crippen LogP contribution in [0.3, 0.4) is 0 Å². The van der Waals surface area contributed by atoms with Gasteiger partial charge in [-0.1, -0.05) is 198 Å². The van der Waals surface area contributed by atoms with E-state index in [9.17, 15) is 14.4 Å². The van der Waals surface area contributed by atoms with Gasteiger partial charge >= 0.3 is 17.9 Å². The quantitative estimate of drug-likeness (QED) is 0.0264. The molecule has 0 N–H and O–H groups in total. The first-order valence-corrected chi connectivity index (χ1v) is 24.5. The maximum absolute atomic E-state index is 12.7. The van der Waals surface area contributed by atoms with Crippen LogP contribution in [-0.4, -0.2) is 37.2 Å². The molecule has 1 unspecified atom stereocenters. The summed E-state index contributed by atoms with van der Waals surface area (Å²) in [4.78, 5) is 37.8. The summed E-state index contributed by atoms with van der Waals surface area (Å²) in [6.07, 6.45) is 52.6. The highest BCUT2D eigenvalue weighted by Gasteiger charge is 2.19. The van der Waals surface area contributed by atoms with Crippen LogP contribution in [0.1, 0.15) is 252 Å². The molecule has 0 radical (unpaired) electrons. The van der Waals surface area contributed by atoms with Crippen molar-refractivity contribution in [3.05, 3.63) is 36.5 Å². The second kappa shape index (κ2) is 46.3. The van der Waals surface area contributed by atoms with Crippen molar-refractivity contribution in [3.63, 3.8) is 0 Å². The van der Waals surface area contributed by atoms with E-state index < -0.39 is 6.10 Å². The van der Waals surface area contributed by atoms with E-state index in [0.29, 0.717) is 19.3 Å². The molecule has 57 heavy (non-hydrogen) atoms. The average Bonchev–Trinajstić information content (AvgIpc) is 3.21. The Bertz CT molecular complexity index is 969. The second-order valence-corrected chi connectivity index (χ2v) is 16.4. The van der Waals surface area contributed by atoms with E-state index in [-0.39, 0.29) is 31.1 Å². The van der Waals surface area contributed by atoms with Crippen LogP contribution in [-0.2, 0) is 28.6 Å². The summed E-state index contributed by atoms with van der Waals surface area (Å²) in [5.74, 6) is -0.897. The molecule has 6 heteroatoms. The molecule has 0 aromatic carbocycles. The number of hydrogen-bond donors (Lipinski definition) is 0. The minimum absolute atomic E-state index is 0.0783. The molecule has 0 aromatic rings. The van der Waals surface area contributed by atoms with Crippen LogP contribution in [0, 0.1) is 0 Å². The maximum Gasteiger partial charge on any atom is 0.306 e. The van der Waals surface area contributed by atoms with Gasteiger partial charge in [0.05, 0.1) is 0 Å². The number of ether oxygens (including phenoxy) is 3. The molecule has 0 aliphatic heterocycles. The summed E-state index contributed by atoms with van der Waals surface area (Å²) in [7, 11) is 0. The van der Waals surface area contributed by atoms with E-state index in [1.54, 1.807) is 0 Å². The predicted octanol–water partition coefficient (Wildman–Crippen LogP) is 15.8. The molecule has 0 fully saturated rings. The smallest absolute Gasteiger partial charge is 0.306 e. The van der Waals surface area contributed by atoms with Crippen molar-refractivity contribution < 1.29 is 28.6 Å². The molecule has 0 amide bonds. The van der Waals surface area contributed by atoms with Crippen LogP contribution in [0.2, 0.25) is 0 Å². The van der Waals surface area contributed by atoms with Gasteiger partial charge in [0.25, 0.3) is 0 Å². The Morgan fingerprint density at radius 1 is 0.351 bits per heavy atom. The first-order chi connectivity index (χ1) is 28.0. The van der Waals surface area contributed by atoms with Crippen molar-refractivity contribution >= 4 is 17.9 Å². The van der Waals surface area contributed by atoms with Crippen molar-refractivity contribution in [3.8, 4) is 0 Å². The average molecular weight is 801 g/mol. The van der Waals surface area contributed by atoms with Crippen molar-refractivity contribution in [1.29, 1.82) is 0 Å². The monoisotopic (exact) mass is 801 g/mol. The van der Waals surface area contributed by atoms with Gasteiger partial charge in [-0.25, -0.2) is 0 Å². The standard InChI is InChI=1S/C51H92O6/c1-4-7-10-13-16-19-22-24-26-28-29-32-35-38-41-44-50(53)56-47-48(46-55-49(52)43-40-37-34-31-21-18-15-12-9-6-3)57-51(54)45-42-39-36-33-30-27-25-23-20-17-14-11-8-5-2/h14,17,23-26,48H,4-13,15-16,18-22,27-47H2,1-3H3/b17-14-,25-23-,26-24-. The minimum atomic E-state index is -0.777. The topological polar surface area (TPSA) is 78.9 Å². The number of carbonyl (C=O) groups excluding carboxylic acids is 3. The van der Waals surface area contributed by atoms with E-state index >= 15 is 0 Å². The Balaban J connectivity index is 4.38. The van der Waals surface area contributed by atoms with E-state index in [1.807, 2.05) is 0 Å². The molecular formula is C51H92O6. The van der Waals surface area contributed by atoms with Gasteiger partial charge in [-0.2, -0.15) is 0 Å². The van der Waals surface area contributed by atoms with E-state index in [0.717, 1.165) is 89.9 Å². The van der Waals surface area contributed by atoms with Crippen molar-refractivity contribution in [1.82, 2.24) is 0 Å². The summed E-state index contributed by atoms with van der Waals surface area (Å²) in [5, 5.41) is 0. The number of carbonyl (C=O) groups is 3. The zero-order chi connectivity index (χ0) is 41.5. The van der Waals surface area contributed by atoms with Crippen molar-refractivity contribution in [2.24, 2.45) is 0 Å². The Hall–Kier alpha value is -2.37. The zero-order valence-corrected chi connectivity index (χ0v) is 37.9. The summed E-state index contributed by atoms with van der Waals surface area (Å²) in [5.41, 5.74) is 0. The third kappa shape index (κ3) is 44.6. The first-order valence-electron chi connectivity index (χ1n) is 24.5. The molecule has 1 atom stereocenters. The number of esters is 3. The molecule has 6 nitrogen and oxygen atoms in total. The van der Waals surface area contributed by atoms with Crippen molar-refractivity contribution in [2.75, 3.05) is 13.2 Å². The molecule has 0 aliphatic rings. The number of rotatable bonds is 44. The van der Waals surface area contributed by atoms with Gasteiger partial charge in [-0.05, 0) is 70.6 Å². The molecule has 0 bridgehead atoms. The van der Waals surface area contributed by atoms with E-state index in [2.05, 4.69) is 57.2 Å². The van der Waals surface area contributed by atoms with E-state index in [4.69, 9.17) is 14.2 Å². The summed E-state index contributed by atoms with van der Waals surface area (Å²) < 4.78 is 16.7. The maximum atomic E-state index is 12.7. The van der Waals surface area contributed by atoms with Gasteiger partial charge in [0.1, 0.15) is 13.2 Å². The fourth-order valence-electron chi connectivity index (χ4n) is 6.86. The summed E-state index contributed by atoms with van der Waals surface area (Å²) in [6, 6.07) is 0. The highest BCUT2D eigenvalue weighted by atomic mass is 16.6. The lowest BCUT2D eigenvalue weighted by molar-refractivity contribution is -0.167. The molecular weight excluding hydrogens is 709 g/mol. The normalized spacial score (nSPS) is 12.3. The Morgan fingerprint density at radius 3 is 1.04 bits per heavy atom. The molecule has 0 rings (SSSR count). The Kier molecular flexibility index (Phi) is 44.4. The molecule has 0 heterocycles. The lowest BCUT2D eigenvalue weighted by Crippen LogP contribution is -2.30. The fraction of sp³-hybridized carbons (Fsp3) is 0.824. The predicted molar refractivity (Wildman–Crippen MR) is 242 cm³/mol. The Morgan fingerprint density at radius 2 is 0.649 bits per heavy atom. The Labute approximate surface area is 353 Å². The second-order valence-electron chi connectivity index (χ2n) is 16.4. The lowest BCUT2D eigenvalue weighted by atomic mass is 10.1. The van der Waals surface area contributed by atoms with Crippen LogP contribution in [0.25, 0.3) is 0 Å². The van der Waals surface area contributed by atoms with Gasteiger partial charge in [0.2, 0.25) is 0 Å².